The van der Waals surface area contributed by atoms with Crippen molar-refractivity contribution in [2.75, 3.05) is 20.6 Å². The number of rotatable bonds is 4. The molecule has 2 rings (SSSR count). The average molecular weight is 237 g/mol. The third-order valence-electron chi connectivity index (χ3n) is 2.61. The van der Waals surface area contributed by atoms with Crippen molar-refractivity contribution in [2.24, 2.45) is 0 Å². The number of likely N-dealkylation sites (N-methyl/N-ethyl adjacent to an activating group) is 1. The van der Waals surface area contributed by atoms with Crippen molar-refractivity contribution in [3.05, 3.63) is 23.7 Å². The smallest absolute Gasteiger partial charge is 0.327 e. The molecule has 0 atom stereocenters. The number of urea groups is 1. The van der Waals surface area contributed by atoms with Gasteiger partial charge in [0.1, 0.15) is 18.1 Å². The molecule has 1 aliphatic heterocycles. The van der Waals surface area contributed by atoms with Crippen LogP contribution in [-0.2, 0) is 17.9 Å². The summed E-state index contributed by atoms with van der Waals surface area (Å²) in [7, 11) is 3.43. The van der Waals surface area contributed by atoms with Gasteiger partial charge in [-0.3, -0.25) is 9.69 Å². The highest BCUT2D eigenvalue weighted by Gasteiger charge is 2.33. The molecule has 1 aliphatic rings. The number of furan rings is 1. The van der Waals surface area contributed by atoms with E-state index >= 15 is 0 Å². The zero-order valence-corrected chi connectivity index (χ0v) is 9.90. The summed E-state index contributed by atoms with van der Waals surface area (Å²) in [5.74, 6) is 1.21. The van der Waals surface area contributed by atoms with Crippen LogP contribution in [0.5, 0.6) is 0 Å². The molecule has 6 nitrogen and oxygen atoms in total. The third kappa shape index (κ3) is 2.31. The molecular formula is C11H15N3O3. The molecule has 1 aromatic heterocycles. The Labute approximate surface area is 99.2 Å². The van der Waals surface area contributed by atoms with E-state index in [2.05, 4.69) is 5.32 Å². The number of hydrogen-bond donors (Lipinski definition) is 1. The minimum Gasteiger partial charge on any atom is -0.463 e. The summed E-state index contributed by atoms with van der Waals surface area (Å²) in [5.41, 5.74) is 0. The van der Waals surface area contributed by atoms with Crippen molar-refractivity contribution in [1.82, 2.24) is 15.1 Å². The van der Waals surface area contributed by atoms with Crippen LogP contribution in [0.3, 0.4) is 0 Å². The Kier molecular flexibility index (Phi) is 3.14. The first-order valence-corrected chi connectivity index (χ1v) is 5.39. The lowest BCUT2D eigenvalue weighted by Gasteiger charge is -2.12. The van der Waals surface area contributed by atoms with Crippen LogP contribution in [0.2, 0.25) is 0 Å². The van der Waals surface area contributed by atoms with Gasteiger partial charge in [0.15, 0.2) is 0 Å². The molecule has 1 N–H and O–H groups in total. The maximum absolute atomic E-state index is 11.6. The second-order valence-electron chi connectivity index (χ2n) is 4.02. The summed E-state index contributed by atoms with van der Waals surface area (Å²) < 4.78 is 5.49. The van der Waals surface area contributed by atoms with Gasteiger partial charge in [-0.15, -0.1) is 0 Å². The first-order valence-electron chi connectivity index (χ1n) is 5.39. The molecule has 0 aromatic carbocycles. The molecule has 0 radical (unpaired) electrons. The molecule has 92 valence electrons. The summed E-state index contributed by atoms with van der Waals surface area (Å²) in [6.07, 6.45) is 0. The fourth-order valence-corrected chi connectivity index (χ4v) is 1.76. The van der Waals surface area contributed by atoms with Gasteiger partial charge in [0.2, 0.25) is 0 Å². The number of carbonyl (C=O) groups excluding carboxylic acids is 2. The Bertz CT molecular complexity index is 441. The maximum atomic E-state index is 11.6. The third-order valence-corrected chi connectivity index (χ3v) is 2.61. The zero-order valence-electron chi connectivity index (χ0n) is 9.90. The standard InChI is InChI=1S/C11H15N3O3/c1-12-5-8-3-4-9(17-8)6-14-10(15)7-13(2)11(14)16/h3-4,12H,5-7H2,1-2H3. The molecule has 0 unspecified atom stereocenters. The molecule has 1 fully saturated rings. The van der Waals surface area contributed by atoms with Crippen LogP contribution in [-0.4, -0.2) is 42.4 Å². The quantitative estimate of drug-likeness (QED) is 0.769. The van der Waals surface area contributed by atoms with Crippen molar-refractivity contribution in [1.29, 1.82) is 0 Å². The van der Waals surface area contributed by atoms with E-state index in [0.717, 1.165) is 5.76 Å². The molecular weight excluding hydrogens is 222 g/mol. The molecule has 17 heavy (non-hydrogen) atoms. The van der Waals surface area contributed by atoms with E-state index < -0.39 is 0 Å². The van der Waals surface area contributed by atoms with Crippen LogP contribution < -0.4 is 5.32 Å². The highest BCUT2D eigenvalue weighted by atomic mass is 16.3. The highest BCUT2D eigenvalue weighted by molar-refractivity contribution is 6.01. The van der Waals surface area contributed by atoms with E-state index in [-0.39, 0.29) is 25.0 Å². The van der Waals surface area contributed by atoms with Crippen molar-refractivity contribution >= 4 is 11.9 Å². The molecule has 1 aromatic rings. The second kappa shape index (κ2) is 4.58. The van der Waals surface area contributed by atoms with Gasteiger partial charge in [-0.25, -0.2) is 4.79 Å². The van der Waals surface area contributed by atoms with Crippen LogP contribution in [0.1, 0.15) is 11.5 Å². The van der Waals surface area contributed by atoms with Crippen LogP contribution in [0, 0.1) is 0 Å². The first kappa shape index (κ1) is 11.7. The minimum absolute atomic E-state index is 0.142. The lowest BCUT2D eigenvalue weighted by Crippen LogP contribution is -2.30. The van der Waals surface area contributed by atoms with Gasteiger partial charge in [-0.2, -0.15) is 0 Å². The number of nitrogens with one attached hydrogen (secondary N) is 1. The van der Waals surface area contributed by atoms with Crippen LogP contribution in [0.15, 0.2) is 16.5 Å². The van der Waals surface area contributed by atoms with Crippen molar-refractivity contribution in [3.8, 4) is 0 Å². The van der Waals surface area contributed by atoms with E-state index in [9.17, 15) is 9.59 Å². The van der Waals surface area contributed by atoms with E-state index in [1.165, 1.54) is 9.80 Å². The topological polar surface area (TPSA) is 65.8 Å². The number of nitrogens with zero attached hydrogens (tertiary/aromatic N) is 2. The second-order valence-corrected chi connectivity index (χ2v) is 4.02. The predicted octanol–water partition coefficient (Wildman–Crippen LogP) is 0.393. The maximum Gasteiger partial charge on any atom is 0.327 e. The molecule has 0 bridgehead atoms. The van der Waals surface area contributed by atoms with Gasteiger partial charge in [-0.1, -0.05) is 0 Å². The van der Waals surface area contributed by atoms with E-state index in [1.807, 2.05) is 13.1 Å². The lowest BCUT2D eigenvalue weighted by molar-refractivity contribution is -0.125. The number of carbonyl (C=O) groups is 2. The molecule has 2 heterocycles. The van der Waals surface area contributed by atoms with Gasteiger partial charge < -0.3 is 14.6 Å². The summed E-state index contributed by atoms with van der Waals surface area (Å²) >= 11 is 0. The lowest BCUT2D eigenvalue weighted by atomic mass is 10.4. The van der Waals surface area contributed by atoms with Gasteiger partial charge in [0.05, 0.1) is 13.1 Å². The zero-order chi connectivity index (χ0) is 12.4. The molecule has 6 heteroatoms. The van der Waals surface area contributed by atoms with Crippen molar-refractivity contribution in [2.45, 2.75) is 13.1 Å². The normalized spacial score (nSPS) is 16.1. The largest absolute Gasteiger partial charge is 0.463 e. The Morgan fingerprint density at radius 1 is 1.35 bits per heavy atom. The van der Waals surface area contributed by atoms with Crippen LogP contribution in [0.4, 0.5) is 4.79 Å². The summed E-state index contributed by atoms with van der Waals surface area (Å²) in [6.45, 7) is 0.969. The van der Waals surface area contributed by atoms with Crippen LogP contribution in [0.25, 0.3) is 0 Å². The average Bonchev–Trinajstić information content (AvgIpc) is 2.81. The summed E-state index contributed by atoms with van der Waals surface area (Å²) in [6, 6.07) is 3.34. The van der Waals surface area contributed by atoms with Gasteiger partial charge in [0.25, 0.3) is 5.91 Å². The van der Waals surface area contributed by atoms with Gasteiger partial charge in [-0.05, 0) is 19.2 Å². The van der Waals surface area contributed by atoms with E-state index in [0.29, 0.717) is 12.3 Å². The SMILES string of the molecule is CNCc1ccc(CN2C(=O)CN(C)C2=O)o1. The Morgan fingerprint density at radius 3 is 2.65 bits per heavy atom. The molecule has 0 saturated carbocycles. The van der Waals surface area contributed by atoms with Gasteiger partial charge in [0, 0.05) is 7.05 Å². The van der Waals surface area contributed by atoms with Crippen LogP contribution >= 0.6 is 0 Å². The van der Waals surface area contributed by atoms with Gasteiger partial charge >= 0.3 is 6.03 Å². The predicted molar refractivity (Wildman–Crippen MR) is 60.0 cm³/mol. The van der Waals surface area contributed by atoms with E-state index in [1.54, 1.807) is 13.1 Å². The number of amides is 3. The fraction of sp³-hybridized carbons (Fsp3) is 0.455. The molecule has 0 spiro atoms. The Balaban J connectivity index is 2.05. The van der Waals surface area contributed by atoms with Crippen molar-refractivity contribution < 1.29 is 14.0 Å². The Hall–Kier alpha value is -1.82. The fourth-order valence-electron chi connectivity index (χ4n) is 1.76. The molecule has 3 amide bonds. The number of imide groups is 1. The summed E-state index contributed by atoms with van der Waals surface area (Å²) in [4.78, 5) is 25.8. The van der Waals surface area contributed by atoms with E-state index in [4.69, 9.17) is 4.42 Å². The monoisotopic (exact) mass is 237 g/mol. The molecule has 0 aliphatic carbocycles. The highest BCUT2D eigenvalue weighted by Crippen LogP contribution is 2.15. The first-order chi connectivity index (χ1) is 8.11. The summed E-state index contributed by atoms with van der Waals surface area (Å²) in [5, 5.41) is 2.97. The number of hydrogen-bond acceptors (Lipinski definition) is 4. The Morgan fingerprint density at radius 2 is 2.06 bits per heavy atom. The van der Waals surface area contributed by atoms with Crippen molar-refractivity contribution in [3.63, 3.8) is 0 Å². The molecule has 1 saturated heterocycles. The minimum atomic E-state index is -0.276.